The average molecular weight is 383 g/mol. The summed E-state index contributed by atoms with van der Waals surface area (Å²) in [5.74, 6) is -3.68. The Kier molecular flexibility index (Phi) is 7.27. The molecule has 0 aromatic heterocycles. The Bertz CT molecular complexity index is 722. The summed E-state index contributed by atoms with van der Waals surface area (Å²) >= 11 is 1.98. The second-order valence-electron chi connectivity index (χ2n) is 4.76. The Labute approximate surface area is 152 Å². The Hall–Kier alpha value is -2.06. The van der Waals surface area contributed by atoms with Gasteiger partial charge in [-0.3, -0.25) is 4.79 Å². The first kappa shape index (κ1) is 19.3. The van der Waals surface area contributed by atoms with Gasteiger partial charge < -0.3 is 10.1 Å². The predicted octanol–water partition coefficient (Wildman–Crippen LogP) is 4.52. The van der Waals surface area contributed by atoms with Gasteiger partial charge in [0.05, 0.1) is 5.56 Å². The van der Waals surface area contributed by atoms with Crippen molar-refractivity contribution < 1.29 is 23.1 Å². The van der Waals surface area contributed by atoms with E-state index < -0.39 is 24.2 Å². The summed E-state index contributed by atoms with van der Waals surface area (Å²) in [6.07, 6.45) is 1.95. The quantitative estimate of drug-likeness (QED) is 0.563. The van der Waals surface area contributed by atoms with Crippen molar-refractivity contribution in [1.82, 2.24) is 0 Å². The molecular formula is C17H15F2NO3S2. The van der Waals surface area contributed by atoms with E-state index >= 15 is 0 Å². The topological polar surface area (TPSA) is 55.4 Å². The number of rotatable bonds is 7. The molecule has 0 unspecified atom stereocenters. The number of amides is 1. The van der Waals surface area contributed by atoms with Crippen molar-refractivity contribution in [1.29, 1.82) is 0 Å². The molecule has 0 saturated carbocycles. The normalized spacial score (nSPS) is 10.6. The number of benzene rings is 2. The lowest BCUT2D eigenvalue weighted by atomic mass is 10.2. The molecule has 25 heavy (non-hydrogen) atoms. The number of hydrogen-bond donors (Lipinski definition) is 1. The van der Waals surface area contributed by atoms with Gasteiger partial charge in [-0.1, -0.05) is 11.8 Å². The first-order valence-electron chi connectivity index (χ1n) is 7.14. The van der Waals surface area contributed by atoms with Crippen LogP contribution < -0.4 is 5.32 Å². The fourth-order valence-corrected chi connectivity index (χ4v) is 2.77. The van der Waals surface area contributed by atoms with E-state index in [0.717, 1.165) is 4.90 Å². The second-order valence-corrected chi connectivity index (χ2v) is 6.70. The number of hydrogen-bond acceptors (Lipinski definition) is 5. The third-order valence-electron chi connectivity index (χ3n) is 3.02. The van der Waals surface area contributed by atoms with Crippen LogP contribution in [0.4, 0.5) is 14.5 Å². The number of thioether (sulfide) groups is 2. The average Bonchev–Trinajstić information content (AvgIpc) is 2.60. The summed E-state index contributed by atoms with van der Waals surface area (Å²) in [7, 11) is 0. The molecule has 1 N–H and O–H groups in total. The summed E-state index contributed by atoms with van der Waals surface area (Å²) in [5, 5.41) is 2.62. The zero-order valence-electron chi connectivity index (χ0n) is 13.2. The van der Waals surface area contributed by atoms with Crippen molar-refractivity contribution >= 4 is 41.1 Å². The summed E-state index contributed by atoms with van der Waals surface area (Å²) in [4.78, 5) is 25.1. The lowest BCUT2D eigenvalue weighted by molar-refractivity contribution is -0.119. The summed E-state index contributed by atoms with van der Waals surface area (Å²) in [5.41, 5.74) is 0.794. The molecule has 0 spiro atoms. The van der Waals surface area contributed by atoms with E-state index in [1.807, 2.05) is 18.4 Å². The molecule has 132 valence electrons. The maximum atomic E-state index is 12.2. The SMILES string of the molecule is CSc1ccc(NC(=O)COC(=O)c2ccc(SC(F)F)cc2)cc1. The molecule has 0 bridgehead atoms. The lowest BCUT2D eigenvalue weighted by Crippen LogP contribution is -2.20. The van der Waals surface area contributed by atoms with E-state index in [9.17, 15) is 18.4 Å². The fourth-order valence-electron chi connectivity index (χ4n) is 1.86. The number of halogens is 2. The van der Waals surface area contributed by atoms with Crippen LogP contribution >= 0.6 is 23.5 Å². The Morgan fingerprint density at radius 2 is 1.64 bits per heavy atom. The number of carbonyl (C=O) groups excluding carboxylic acids is 2. The number of anilines is 1. The second kappa shape index (κ2) is 9.43. The molecule has 4 nitrogen and oxygen atoms in total. The van der Waals surface area contributed by atoms with Crippen molar-refractivity contribution in [2.45, 2.75) is 15.5 Å². The van der Waals surface area contributed by atoms with Crippen LogP contribution in [0.15, 0.2) is 58.3 Å². The molecule has 8 heteroatoms. The highest BCUT2D eigenvalue weighted by molar-refractivity contribution is 7.99. The van der Waals surface area contributed by atoms with Gasteiger partial charge in [-0.2, -0.15) is 8.78 Å². The molecule has 2 aromatic carbocycles. The van der Waals surface area contributed by atoms with Crippen LogP contribution in [0.5, 0.6) is 0 Å². The van der Waals surface area contributed by atoms with Crippen LogP contribution in [0, 0.1) is 0 Å². The molecule has 0 radical (unpaired) electrons. The van der Waals surface area contributed by atoms with Gasteiger partial charge in [-0.25, -0.2) is 4.79 Å². The minimum absolute atomic E-state index is 0.190. The number of alkyl halides is 2. The van der Waals surface area contributed by atoms with E-state index in [-0.39, 0.29) is 5.56 Å². The molecule has 1 amide bonds. The largest absolute Gasteiger partial charge is 0.452 e. The molecule has 2 aromatic rings. The Morgan fingerprint density at radius 1 is 1.04 bits per heavy atom. The molecular weight excluding hydrogens is 368 g/mol. The van der Waals surface area contributed by atoms with Gasteiger partial charge in [0.25, 0.3) is 11.7 Å². The molecule has 0 atom stereocenters. The molecule has 2 rings (SSSR count). The molecule has 0 aliphatic rings. The zero-order valence-corrected chi connectivity index (χ0v) is 14.8. The fraction of sp³-hybridized carbons (Fsp3) is 0.176. The van der Waals surface area contributed by atoms with Gasteiger partial charge in [-0.15, -0.1) is 11.8 Å². The van der Waals surface area contributed by atoms with Gasteiger partial charge in [-0.05, 0) is 54.8 Å². The van der Waals surface area contributed by atoms with E-state index in [1.165, 1.54) is 24.3 Å². The van der Waals surface area contributed by atoms with Crippen molar-refractivity contribution in [3.63, 3.8) is 0 Å². The molecule has 0 fully saturated rings. The van der Waals surface area contributed by atoms with Crippen LogP contribution in [0.1, 0.15) is 10.4 Å². The van der Waals surface area contributed by atoms with Crippen LogP contribution in [0.3, 0.4) is 0 Å². The van der Waals surface area contributed by atoms with Gasteiger partial charge in [0.1, 0.15) is 0 Å². The molecule has 0 saturated heterocycles. The van der Waals surface area contributed by atoms with Crippen LogP contribution in [0.2, 0.25) is 0 Å². The van der Waals surface area contributed by atoms with E-state index in [2.05, 4.69) is 5.32 Å². The van der Waals surface area contributed by atoms with E-state index in [1.54, 1.807) is 23.9 Å². The van der Waals surface area contributed by atoms with Gasteiger partial charge in [0.15, 0.2) is 6.61 Å². The van der Waals surface area contributed by atoms with Gasteiger partial charge in [0, 0.05) is 15.5 Å². The third-order valence-corrected chi connectivity index (χ3v) is 4.49. The monoisotopic (exact) mass is 383 g/mol. The first-order valence-corrected chi connectivity index (χ1v) is 9.24. The Morgan fingerprint density at radius 3 is 2.20 bits per heavy atom. The number of carbonyl (C=O) groups is 2. The summed E-state index contributed by atoms with van der Waals surface area (Å²) in [6, 6.07) is 12.8. The number of nitrogens with one attached hydrogen (secondary N) is 1. The highest BCUT2D eigenvalue weighted by Crippen LogP contribution is 2.25. The zero-order chi connectivity index (χ0) is 18.2. The lowest BCUT2D eigenvalue weighted by Gasteiger charge is -2.07. The van der Waals surface area contributed by atoms with Crippen LogP contribution in [-0.2, 0) is 9.53 Å². The first-order chi connectivity index (χ1) is 12.0. The maximum Gasteiger partial charge on any atom is 0.338 e. The molecule has 0 aliphatic carbocycles. The smallest absolute Gasteiger partial charge is 0.338 e. The van der Waals surface area contributed by atoms with E-state index in [4.69, 9.17) is 4.74 Å². The van der Waals surface area contributed by atoms with Gasteiger partial charge >= 0.3 is 5.97 Å². The number of esters is 1. The maximum absolute atomic E-state index is 12.2. The summed E-state index contributed by atoms with van der Waals surface area (Å²) < 4.78 is 29.4. The highest BCUT2D eigenvalue weighted by Gasteiger charge is 2.11. The van der Waals surface area contributed by atoms with Crippen molar-refractivity contribution in [2.24, 2.45) is 0 Å². The minimum atomic E-state index is -2.52. The van der Waals surface area contributed by atoms with Crippen molar-refractivity contribution in [2.75, 3.05) is 18.2 Å². The van der Waals surface area contributed by atoms with Crippen molar-refractivity contribution in [3.8, 4) is 0 Å². The Balaban J connectivity index is 1.83. The molecule has 0 heterocycles. The highest BCUT2D eigenvalue weighted by atomic mass is 32.2. The van der Waals surface area contributed by atoms with Crippen molar-refractivity contribution in [3.05, 3.63) is 54.1 Å². The number of ether oxygens (including phenoxy) is 1. The third kappa shape index (κ3) is 6.39. The summed E-state index contributed by atoms with van der Waals surface area (Å²) in [6.45, 7) is -0.434. The minimum Gasteiger partial charge on any atom is -0.452 e. The predicted molar refractivity (Wildman–Crippen MR) is 95.4 cm³/mol. The van der Waals surface area contributed by atoms with Gasteiger partial charge in [0.2, 0.25) is 0 Å². The standard InChI is InChI=1S/C17H15F2NO3S2/c1-24-13-8-4-12(5-9-13)20-15(21)10-23-16(22)11-2-6-14(7-3-11)25-17(18)19/h2-9,17H,10H2,1H3,(H,20,21). The van der Waals surface area contributed by atoms with Crippen LogP contribution in [0.25, 0.3) is 0 Å². The van der Waals surface area contributed by atoms with E-state index in [0.29, 0.717) is 22.3 Å². The van der Waals surface area contributed by atoms with Crippen LogP contribution in [-0.4, -0.2) is 30.5 Å². The molecule has 0 aliphatic heterocycles.